The molecule has 2 aliphatic rings. The Kier molecular flexibility index (Phi) is 5.07. The van der Waals surface area contributed by atoms with Gasteiger partial charge in [0.25, 0.3) is 0 Å². The van der Waals surface area contributed by atoms with Crippen LogP contribution in [0.15, 0.2) is 24.4 Å². The molecule has 1 aromatic heterocycles. The van der Waals surface area contributed by atoms with Crippen LogP contribution >= 0.6 is 0 Å². The van der Waals surface area contributed by atoms with Gasteiger partial charge in [-0.15, -0.1) is 0 Å². The van der Waals surface area contributed by atoms with E-state index in [1.165, 1.54) is 0 Å². The van der Waals surface area contributed by atoms with E-state index in [0.29, 0.717) is 19.6 Å². The van der Waals surface area contributed by atoms with Crippen molar-refractivity contribution in [3.63, 3.8) is 0 Å². The average Bonchev–Trinajstić information content (AvgIpc) is 2.90. The first-order chi connectivity index (χ1) is 12.3. The monoisotopic (exact) mass is 359 g/mol. The Morgan fingerprint density at radius 1 is 1.15 bits per heavy atom. The molecule has 0 N–H and O–H groups in total. The maximum absolute atomic E-state index is 13.2. The van der Waals surface area contributed by atoms with Crippen molar-refractivity contribution in [3.05, 3.63) is 24.4 Å². The highest BCUT2D eigenvalue weighted by Crippen LogP contribution is 2.45. The first kappa shape index (κ1) is 18.5. The van der Waals surface area contributed by atoms with Crippen LogP contribution < -0.4 is 4.90 Å². The maximum Gasteiger partial charge on any atom is 0.319 e. The summed E-state index contributed by atoms with van der Waals surface area (Å²) >= 11 is 0. The van der Waals surface area contributed by atoms with Gasteiger partial charge in [0.2, 0.25) is 5.91 Å². The van der Waals surface area contributed by atoms with Gasteiger partial charge in [0.1, 0.15) is 5.82 Å². The molecule has 0 spiro atoms. The van der Waals surface area contributed by atoms with E-state index in [1.807, 2.05) is 37.2 Å². The van der Waals surface area contributed by atoms with Gasteiger partial charge in [0.15, 0.2) is 0 Å². The summed E-state index contributed by atoms with van der Waals surface area (Å²) in [5, 5.41) is 0. The predicted octanol–water partition coefficient (Wildman–Crippen LogP) is 1.37. The molecule has 0 saturated carbocycles. The first-order valence-corrected chi connectivity index (χ1v) is 9.19. The maximum atomic E-state index is 13.2. The summed E-state index contributed by atoms with van der Waals surface area (Å²) in [5.41, 5.74) is -0.456. The lowest BCUT2D eigenvalue weighted by atomic mass is 9.74. The number of carbonyl (C=O) groups is 2. The van der Waals surface area contributed by atoms with Crippen molar-refractivity contribution in [1.82, 2.24) is 19.7 Å². The summed E-state index contributed by atoms with van der Waals surface area (Å²) in [7, 11) is 7.21. The Labute approximate surface area is 155 Å². The van der Waals surface area contributed by atoms with E-state index in [4.69, 9.17) is 0 Å². The highest BCUT2D eigenvalue weighted by atomic mass is 16.2. The number of aromatic nitrogens is 1. The average molecular weight is 359 g/mol. The van der Waals surface area contributed by atoms with E-state index in [2.05, 4.69) is 9.88 Å². The molecule has 3 amide bonds. The molecule has 7 nitrogen and oxygen atoms in total. The minimum Gasteiger partial charge on any atom is -0.355 e. The third-order valence-electron chi connectivity index (χ3n) is 5.65. The summed E-state index contributed by atoms with van der Waals surface area (Å²) < 4.78 is 0. The number of likely N-dealkylation sites (tertiary alicyclic amines) is 1. The fourth-order valence-electron chi connectivity index (χ4n) is 4.40. The van der Waals surface area contributed by atoms with Gasteiger partial charge in [0.05, 0.1) is 5.41 Å². The van der Waals surface area contributed by atoms with Crippen molar-refractivity contribution < 1.29 is 9.59 Å². The number of amides is 3. The third-order valence-corrected chi connectivity index (χ3v) is 5.65. The van der Waals surface area contributed by atoms with Crippen LogP contribution in [-0.2, 0) is 4.79 Å². The number of fused-ring (bicyclic) bond motifs is 1. The highest BCUT2D eigenvalue weighted by molar-refractivity contribution is 5.84. The molecule has 1 aromatic rings. The molecule has 0 unspecified atom stereocenters. The van der Waals surface area contributed by atoms with Crippen molar-refractivity contribution >= 4 is 17.8 Å². The lowest BCUT2D eigenvalue weighted by molar-refractivity contribution is -0.141. The zero-order chi connectivity index (χ0) is 18.9. The molecule has 3 heterocycles. The van der Waals surface area contributed by atoms with E-state index in [-0.39, 0.29) is 17.9 Å². The highest BCUT2D eigenvalue weighted by Gasteiger charge is 2.54. The molecular weight excluding hydrogens is 330 g/mol. The van der Waals surface area contributed by atoms with Crippen LogP contribution in [-0.4, -0.2) is 86.0 Å². The molecule has 0 bridgehead atoms. The Morgan fingerprint density at radius 3 is 2.54 bits per heavy atom. The van der Waals surface area contributed by atoms with Crippen molar-refractivity contribution in [2.75, 3.05) is 59.3 Å². The van der Waals surface area contributed by atoms with Gasteiger partial charge in [-0.3, -0.25) is 4.79 Å². The smallest absolute Gasteiger partial charge is 0.319 e. The number of hydrogen-bond donors (Lipinski definition) is 0. The zero-order valence-electron chi connectivity index (χ0n) is 16.2. The normalized spacial score (nSPS) is 25.5. The minimum absolute atomic E-state index is 0.0226. The number of anilines is 1. The molecule has 0 aliphatic carbocycles. The molecule has 7 heteroatoms. The lowest BCUT2D eigenvalue weighted by Gasteiger charge is -2.34. The second-order valence-electron chi connectivity index (χ2n) is 7.85. The Hall–Kier alpha value is -2.31. The SMILES string of the molecule is CN(C)C(=O)N1CCC[C@]2(C(=O)N(C)C)CN(c3ccccn3)C[C@@H]2C1. The summed E-state index contributed by atoms with van der Waals surface area (Å²) in [4.78, 5) is 37.6. The van der Waals surface area contributed by atoms with Gasteiger partial charge < -0.3 is 19.6 Å². The number of rotatable bonds is 2. The van der Waals surface area contributed by atoms with Crippen LogP contribution in [0.2, 0.25) is 0 Å². The molecule has 26 heavy (non-hydrogen) atoms. The first-order valence-electron chi connectivity index (χ1n) is 9.19. The van der Waals surface area contributed by atoms with Gasteiger partial charge in [-0.1, -0.05) is 6.07 Å². The van der Waals surface area contributed by atoms with Crippen LogP contribution in [0, 0.1) is 11.3 Å². The van der Waals surface area contributed by atoms with Crippen LogP contribution in [0.4, 0.5) is 10.6 Å². The molecule has 142 valence electrons. The Morgan fingerprint density at radius 2 is 1.92 bits per heavy atom. The largest absolute Gasteiger partial charge is 0.355 e. The van der Waals surface area contributed by atoms with Crippen molar-refractivity contribution in [1.29, 1.82) is 0 Å². The van der Waals surface area contributed by atoms with Gasteiger partial charge >= 0.3 is 6.03 Å². The summed E-state index contributed by atoms with van der Waals surface area (Å²) in [6.07, 6.45) is 3.42. The number of nitrogens with zero attached hydrogens (tertiary/aromatic N) is 5. The second kappa shape index (κ2) is 7.13. The van der Waals surface area contributed by atoms with Crippen molar-refractivity contribution in [2.45, 2.75) is 12.8 Å². The molecule has 3 rings (SSSR count). The van der Waals surface area contributed by atoms with E-state index in [1.54, 1.807) is 30.1 Å². The zero-order valence-corrected chi connectivity index (χ0v) is 16.2. The van der Waals surface area contributed by atoms with E-state index in [9.17, 15) is 9.59 Å². The quantitative estimate of drug-likeness (QED) is 0.800. The minimum atomic E-state index is -0.456. The van der Waals surface area contributed by atoms with Gasteiger partial charge in [-0.05, 0) is 25.0 Å². The van der Waals surface area contributed by atoms with E-state index >= 15 is 0 Å². The Bertz CT molecular complexity index is 663. The number of pyridine rings is 1. The Balaban J connectivity index is 1.92. The van der Waals surface area contributed by atoms with Crippen molar-refractivity contribution in [2.24, 2.45) is 11.3 Å². The fourth-order valence-corrected chi connectivity index (χ4v) is 4.40. The van der Waals surface area contributed by atoms with Gasteiger partial charge in [-0.25, -0.2) is 9.78 Å². The third kappa shape index (κ3) is 3.22. The second-order valence-corrected chi connectivity index (χ2v) is 7.85. The summed E-state index contributed by atoms with van der Waals surface area (Å²) in [6, 6.07) is 5.88. The summed E-state index contributed by atoms with van der Waals surface area (Å²) in [6.45, 7) is 2.73. The molecule has 2 saturated heterocycles. The van der Waals surface area contributed by atoms with Crippen LogP contribution in [0.3, 0.4) is 0 Å². The summed E-state index contributed by atoms with van der Waals surface area (Å²) in [5.74, 6) is 1.17. The molecular formula is C19H29N5O2. The number of urea groups is 1. The molecule has 0 radical (unpaired) electrons. The van der Waals surface area contributed by atoms with E-state index in [0.717, 1.165) is 25.2 Å². The molecule has 0 aromatic carbocycles. The van der Waals surface area contributed by atoms with Crippen LogP contribution in [0.25, 0.3) is 0 Å². The van der Waals surface area contributed by atoms with E-state index < -0.39 is 5.41 Å². The fraction of sp³-hybridized carbons (Fsp3) is 0.632. The molecule has 2 aliphatic heterocycles. The number of carbonyl (C=O) groups excluding carboxylic acids is 2. The van der Waals surface area contributed by atoms with Gasteiger partial charge in [-0.2, -0.15) is 0 Å². The van der Waals surface area contributed by atoms with Gasteiger partial charge in [0, 0.05) is 66.5 Å². The predicted molar refractivity (Wildman–Crippen MR) is 101 cm³/mol. The lowest BCUT2D eigenvalue weighted by Crippen LogP contribution is -2.48. The standard InChI is InChI=1S/C19H29N5O2/c1-21(2)17(25)19-9-7-11-23(18(26)22(3)4)12-15(19)13-24(14-19)16-8-5-6-10-20-16/h5-6,8,10,15H,7,9,11-14H2,1-4H3/t15-,19-/m0/s1. The van der Waals surface area contributed by atoms with Crippen LogP contribution in [0.1, 0.15) is 12.8 Å². The van der Waals surface area contributed by atoms with Crippen LogP contribution in [0.5, 0.6) is 0 Å². The molecule has 2 atom stereocenters. The van der Waals surface area contributed by atoms with Crippen molar-refractivity contribution in [3.8, 4) is 0 Å². The topological polar surface area (TPSA) is 60.0 Å². The number of hydrogen-bond acceptors (Lipinski definition) is 4. The molecule has 2 fully saturated rings.